The third kappa shape index (κ3) is 3.12. The summed E-state index contributed by atoms with van der Waals surface area (Å²) in [5.74, 6) is 1.62. The van der Waals surface area contributed by atoms with E-state index in [2.05, 4.69) is 10.1 Å². The summed E-state index contributed by atoms with van der Waals surface area (Å²) < 4.78 is 10.7. The number of carbonyl (C=O) groups excluding carboxylic acids is 1. The minimum atomic E-state index is -0.0609. The second kappa shape index (κ2) is 5.40. The van der Waals surface area contributed by atoms with E-state index in [4.69, 9.17) is 9.26 Å². The molecule has 1 saturated carbocycles. The van der Waals surface area contributed by atoms with Crippen molar-refractivity contribution in [3.05, 3.63) is 11.7 Å². The van der Waals surface area contributed by atoms with Gasteiger partial charge in [0.05, 0.1) is 6.42 Å². The minimum absolute atomic E-state index is 0.0609. The molecule has 5 nitrogen and oxygen atoms in total. The molecular formula is C12H18N2O3. The van der Waals surface area contributed by atoms with Gasteiger partial charge in [0.2, 0.25) is 11.7 Å². The summed E-state index contributed by atoms with van der Waals surface area (Å²) in [7, 11) is 0. The van der Waals surface area contributed by atoms with Crippen LogP contribution in [0.25, 0.3) is 0 Å². The number of nitrogens with zero attached hydrogens (tertiary/aromatic N) is 2. The second-order valence-corrected chi connectivity index (χ2v) is 4.33. The van der Waals surface area contributed by atoms with Gasteiger partial charge in [-0.2, -0.15) is 4.98 Å². The van der Waals surface area contributed by atoms with Crippen molar-refractivity contribution in [2.24, 2.45) is 5.92 Å². The van der Waals surface area contributed by atoms with Crippen LogP contribution in [0.1, 0.15) is 50.9 Å². The van der Waals surface area contributed by atoms with Crippen LogP contribution in [0.4, 0.5) is 0 Å². The molecule has 1 atom stereocenters. The first kappa shape index (κ1) is 12.2. The van der Waals surface area contributed by atoms with E-state index in [1.165, 1.54) is 0 Å². The van der Waals surface area contributed by atoms with Gasteiger partial charge in [-0.25, -0.2) is 0 Å². The Labute approximate surface area is 101 Å². The van der Waals surface area contributed by atoms with Crippen LogP contribution in [0.15, 0.2) is 4.52 Å². The summed E-state index contributed by atoms with van der Waals surface area (Å²) >= 11 is 0. The summed E-state index contributed by atoms with van der Waals surface area (Å²) in [4.78, 5) is 15.5. The molecule has 1 heterocycles. The third-order valence-electron chi connectivity index (χ3n) is 2.88. The van der Waals surface area contributed by atoms with Crippen molar-refractivity contribution in [3.8, 4) is 0 Å². The monoisotopic (exact) mass is 238 g/mol. The normalized spacial score (nSPS) is 17.1. The average Bonchev–Trinajstić information content (AvgIpc) is 3.06. The number of ketones is 1. The van der Waals surface area contributed by atoms with Gasteiger partial charge >= 0.3 is 0 Å². The molecule has 0 bridgehead atoms. The molecule has 1 aliphatic rings. The summed E-state index contributed by atoms with van der Waals surface area (Å²) in [5, 5.41) is 3.92. The van der Waals surface area contributed by atoms with Crippen LogP contribution in [0.5, 0.6) is 0 Å². The first-order valence-corrected chi connectivity index (χ1v) is 6.20. The molecular weight excluding hydrogens is 220 g/mol. The Morgan fingerprint density at radius 2 is 2.29 bits per heavy atom. The molecule has 0 spiro atoms. The largest absolute Gasteiger partial charge is 0.370 e. The molecule has 0 amide bonds. The molecule has 1 aromatic rings. The van der Waals surface area contributed by atoms with E-state index in [9.17, 15) is 4.79 Å². The van der Waals surface area contributed by atoms with Gasteiger partial charge in [-0.05, 0) is 25.7 Å². The summed E-state index contributed by atoms with van der Waals surface area (Å²) in [6, 6.07) is 0. The highest BCUT2D eigenvalue weighted by Crippen LogP contribution is 2.42. The van der Waals surface area contributed by atoms with Gasteiger partial charge in [-0.1, -0.05) is 12.1 Å². The summed E-state index contributed by atoms with van der Waals surface area (Å²) in [6.07, 6.45) is 2.97. The predicted molar refractivity (Wildman–Crippen MR) is 60.4 cm³/mol. The van der Waals surface area contributed by atoms with Crippen molar-refractivity contribution in [2.45, 2.75) is 45.6 Å². The van der Waals surface area contributed by atoms with E-state index in [0.29, 0.717) is 30.7 Å². The fraction of sp³-hybridized carbons (Fsp3) is 0.750. The maximum atomic E-state index is 11.3. The third-order valence-corrected chi connectivity index (χ3v) is 2.88. The van der Waals surface area contributed by atoms with E-state index in [-0.39, 0.29) is 18.3 Å². The van der Waals surface area contributed by atoms with E-state index in [1.54, 1.807) is 0 Å². The lowest BCUT2D eigenvalue weighted by molar-refractivity contribution is -0.118. The first-order chi connectivity index (χ1) is 8.24. The van der Waals surface area contributed by atoms with E-state index >= 15 is 0 Å². The number of ether oxygens (including phenoxy) is 1. The molecule has 1 fully saturated rings. The van der Waals surface area contributed by atoms with Crippen LogP contribution in [0.3, 0.4) is 0 Å². The molecule has 94 valence electrons. The highest BCUT2D eigenvalue weighted by Gasteiger charge is 2.36. The Balaban J connectivity index is 2.02. The molecule has 5 heteroatoms. The zero-order valence-electron chi connectivity index (χ0n) is 10.3. The number of aromatic nitrogens is 2. The summed E-state index contributed by atoms with van der Waals surface area (Å²) in [5.41, 5.74) is 0. The molecule has 0 aromatic carbocycles. The van der Waals surface area contributed by atoms with Crippen molar-refractivity contribution >= 4 is 5.78 Å². The quantitative estimate of drug-likeness (QED) is 0.727. The zero-order chi connectivity index (χ0) is 12.3. The van der Waals surface area contributed by atoms with Crippen LogP contribution in [-0.2, 0) is 16.0 Å². The molecule has 17 heavy (non-hydrogen) atoms. The molecule has 1 aliphatic carbocycles. The van der Waals surface area contributed by atoms with Gasteiger partial charge in [0.1, 0.15) is 11.9 Å². The maximum Gasteiger partial charge on any atom is 0.234 e. The predicted octanol–water partition coefficient (Wildman–Crippen LogP) is 2.08. The van der Waals surface area contributed by atoms with Crippen molar-refractivity contribution in [2.75, 3.05) is 6.61 Å². The van der Waals surface area contributed by atoms with E-state index < -0.39 is 0 Å². The lowest BCUT2D eigenvalue weighted by Crippen LogP contribution is -2.09. The molecule has 1 unspecified atom stereocenters. The minimum Gasteiger partial charge on any atom is -0.370 e. The average molecular weight is 238 g/mol. The smallest absolute Gasteiger partial charge is 0.234 e. The van der Waals surface area contributed by atoms with Gasteiger partial charge in [-0.15, -0.1) is 0 Å². The Hall–Kier alpha value is -1.23. The summed E-state index contributed by atoms with van der Waals surface area (Å²) in [6.45, 7) is 4.42. The van der Waals surface area contributed by atoms with Gasteiger partial charge in [-0.3, -0.25) is 4.79 Å². The molecule has 0 N–H and O–H groups in total. The Morgan fingerprint density at radius 1 is 1.53 bits per heavy atom. The number of hydrogen-bond donors (Lipinski definition) is 0. The Bertz CT molecular complexity index is 385. The Morgan fingerprint density at radius 3 is 2.88 bits per heavy atom. The molecule has 0 radical (unpaired) electrons. The van der Waals surface area contributed by atoms with Crippen LogP contribution < -0.4 is 0 Å². The van der Waals surface area contributed by atoms with Gasteiger partial charge in [0.15, 0.2) is 0 Å². The second-order valence-electron chi connectivity index (χ2n) is 4.33. The highest BCUT2D eigenvalue weighted by atomic mass is 16.5. The van der Waals surface area contributed by atoms with Crippen molar-refractivity contribution in [1.82, 2.24) is 10.1 Å². The fourth-order valence-electron chi connectivity index (χ4n) is 1.75. The topological polar surface area (TPSA) is 65.2 Å². The van der Waals surface area contributed by atoms with E-state index in [1.807, 2.05) is 13.8 Å². The number of rotatable bonds is 7. The molecule has 2 rings (SSSR count). The number of hydrogen-bond acceptors (Lipinski definition) is 5. The van der Waals surface area contributed by atoms with Crippen molar-refractivity contribution < 1.29 is 14.1 Å². The molecule has 1 aromatic heterocycles. The van der Waals surface area contributed by atoms with Gasteiger partial charge in [0, 0.05) is 13.0 Å². The first-order valence-electron chi connectivity index (χ1n) is 6.20. The van der Waals surface area contributed by atoms with Crippen molar-refractivity contribution in [1.29, 1.82) is 0 Å². The lowest BCUT2D eigenvalue weighted by Gasteiger charge is -2.10. The Kier molecular flexibility index (Phi) is 3.89. The van der Waals surface area contributed by atoms with Crippen LogP contribution in [-0.4, -0.2) is 22.5 Å². The fourth-order valence-corrected chi connectivity index (χ4v) is 1.75. The van der Waals surface area contributed by atoms with Gasteiger partial charge in [0.25, 0.3) is 0 Å². The van der Waals surface area contributed by atoms with Crippen molar-refractivity contribution in [3.63, 3.8) is 0 Å². The number of Topliss-reactive ketones (excluding diaryl/α,β-unsaturated/α-hetero) is 1. The standard InChI is InChI=1S/C12H18N2O3/c1-3-9(15)7-10-13-12(14-17-10)11(16-4-2)8-5-6-8/h8,11H,3-7H2,1-2H3. The van der Waals surface area contributed by atoms with Crippen LogP contribution in [0, 0.1) is 5.92 Å². The van der Waals surface area contributed by atoms with E-state index in [0.717, 1.165) is 12.8 Å². The number of carbonyl (C=O) groups is 1. The zero-order valence-corrected chi connectivity index (χ0v) is 10.3. The molecule has 0 aliphatic heterocycles. The lowest BCUT2D eigenvalue weighted by atomic mass is 10.2. The SMILES string of the molecule is CCOC(c1noc(CC(=O)CC)n1)C1CC1. The van der Waals surface area contributed by atoms with Gasteiger partial charge < -0.3 is 9.26 Å². The maximum absolute atomic E-state index is 11.3. The van der Waals surface area contributed by atoms with Crippen LogP contribution >= 0.6 is 0 Å². The highest BCUT2D eigenvalue weighted by molar-refractivity contribution is 5.79. The molecule has 0 saturated heterocycles. The van der Waals surface area contributed by atoms with Crippen LogP contribution in [0.2, 0.25) is 0 Å².